The molecule has 0 aliphatic carbocycles. The van der Waals surface area contributed by atoms with Crippen molar-refractivity contribution in [1.82, 2.24) is 5.32 Å². The lowest BCUT2D eigenvalue weighted by molar-refractivity contribution is -0.121. The van der Waals surface area contributed by atoms with Gasteiger partial charge in [0.15, 0.2) is 0 Å². The Morgan fingerprint density at radius 3 is 2.50 bits per heavy atom. The van der Waals surface area contributed by atoms with Crippen LogP contribution in [0.1, 0.15) is 33.1 Å². The molecule has 0 aromatic carbocycles. The Balaban J connectivity index is 3.82. The molecule has 0 saturated carbocycles. The lowest BCUT2D eigenvalue weighted by atomic mass is 10.1. The van der Waals surface area contributed by atoms with E-state index in [0.29, 0.717) is 17.8 Å². The maximum atomic E-state index is 11.0. The van der Waals surface area contributed by atoms with Crippen molar-refractivity contribution in [3.05, 3.63) is 0 Å². The molecule has 0 aliphatic heterocycles. The molecule has 70 valence electrons. The van der Waals surface area contributed by atoms with Crippen molar-refractivity contribution in [2.45, 2.75) is 39.2 Å². The van der Waals surface area contributed by atoms with Crippen LogP contribution < -0.4 is 11.1 Å². The monoisotopic (exact) mass is 188 g/mol. The molecule has 12 heavy (non-hydrogen) atoms. The molecule has 0 bridgehead atoms. The second-order valence-corrected chi connectivity index (χ2v) is 3.22. The third-order valence-electron chi connectivity index (χ3n) is 1.63. The van der Waals surface area contributed by atoms with Crippen LogP contribution in [0.2, 0.25) is 0 Å². The van der Waals surface area contributed by atoms with Crippen molar-refractivity contribution in [3.63, 3.8) is 0 Å². The summed E-state index contributed by atoms with van der Waals surface area (Å²) in [6.45, 7) is 3.82. The number of rotatable bonds is 5. The van der Waals surface area contributed by atoms with Gasteiger partial charge in [-0.2, -0.15) is 0 Å². The van der Waals surface area contributed by atoms with E-state index in [0.717, 1.165) is 6.42 Å². The molecule has 1 unspecified atom stereocenters. The summed E-state index contributed by atoms with van der Waals surface area (Å²) in [4.78, 5) is 11.4. The zero-order valence-electron chi connectivity index (χ0n) is 7.59. The van der Waals surface area contributed by atoms with E-state index >= 15 is 0 Å². The number of amides is 1. The topological polar surface area (TPSA) is 55.1 Å². The Morgan fingerprint density at radius 1 is 1.58 bits per heavy atom. The molecule has 0 fully saturated rings. The fourth-order valence-corrected chi connectivity index (χ4v) is 1.07. The molecular formula is C8H16N2OS. The molecule has 0 radical (unpaired) electrons. The number of thiocarbonyl (C=S) groups is 1. The second kappa shape index (κ2) is 5.94. The van der Waals surface area contributed by atoms with Crippen LogP contribution in [0.5, 0.6) is 0 Å². The minimum atomic E-state index is 0.0538. The highest BCUT2D eigenvalue weighted by Crippen LogP contribution is 1.97. The van der Waals surface area contributed by atoms with Crippen molar-refractivity contribution in [1.29, 1.82) is 0 Å². The van der Waals surface area contributed by atoms with Gasteiger partial charge in [0.1, 0.15) is 0 Å². The van der Waals surface area contributed by atoms with Crippen LogP contribution in [0.3, 0.4) is 0 Å². The summed E-state index contributed by atoms with van der Waals surface area (Å²) in [6, 6.07) is 0.106. The van der Waals surface area contributed by atoms with Gasteiger partial charge in [-0.05, 0) is 6.42 Å². The van der Waals surface area contributed by atoms with Crippen LogP contribution in [0.25, 0.3) is 0 Å². The molecule has 0 spiro atoms. The number of hydrogen-bond acceptors (Lipinski definition) is 2. The molecule has 1 atom stereocenters. The molecule has 3 N–H and O–H groups in total. The normalized spacial score (nSPS) is 12.2. The van der Waals surface area contributed by atoms with Crippen molar-refractivity contribution in [2.75, 3.05) is 0 Å². The minimum Gasteiger partial charge on any atom is -0.393 e. The highest BCUT2D eigenvalue weighted by molar-refractivity contribution is 7.80. The van der Waals surface area contributed by atoms with Crippen LogP contribution in [0, 0.1) is 0 Å². The summed E-state index contributed by atoms with van der Waals surface area (Å²) in [5, 5.41) is 2.84. The van der Waals surface area contributed by atoms with Gasteiger partial charge >= 0.3 is 0 Å². The Kier molecular flexibility index (Phi) is 5.62. The summed E-state index contributed by atoms with van der Waals surface area (Å²) >= 11 is 4.75. The van der Waals surface area contributed by atoms with E-state index < -0.39 is 0 Å². The smallest absolute Gasteiger partial charge is 0.219 e. The van der Waals surface area contributed by atoms with E-state index in [4.69, 9.17) is 18.0 Å². The quantitative estimate of drug-likeness (QED) is 0.632. The average Bonchev–Trinajstić information content (AvgIpc) is 2.02. The Bertz CT molecular complexity index is 170. The van der Waals surface area contributed by atoms with Gasteiger partial charge in [0.05, 0.1) is 4.99 Å². The predicted octanol–water partition coefficient (Wildman–Crippen LogP) is 0.967. The van der Waals surface area contributed by atoms with Gasteiger partial charge in [-0.15, -0.1) is 0 Å². The van der Waals surface area contributed by atoms with E-state index in [9.17, 15) is 4.79 Å². The largest absolute Gasteiger partial charge is 0.393 e. The van der Waals surface area contributed by atoms with E-state index in [1.54, 1.807) is 0 Å². The summed E-state index contributed by atoms with van der Waals surface area (Å²) < 4.78 is 0. The van der Waals surface area contributed by atoms with Crippen LogP contribution in [-0.4, -0.2) is 16.9 Å². The first-order valence-corrected chi connectivity index (χ1v) is 4.58. The van der Waals surface area contributed by atoms with Crippen LogP contribution >= 0.6 is 12.2 Å². The summed E-state index contributed by atoms with van der Waals surface area (Å²) in [5.41, 5.74) is 5.37. The third-order valence-corrected chi connectivity index (χ3v) is 1.79. The van der Waals surface area contributed by atoms with Crippen LogP contribution in [0.4, 0.5) is 0 Å². The van der Waals surface area contributed by atoms with E-state index in [1.807, 2.05) is 13.8 Å². The van der Waals surface area contributed by atoms with E-state index in [1.165, 1.54) is 0 Å². The first-order valence-electron chi connectivity index (χ1n) is 4.17. The Labute approximate surface area is 78.7 Å². The van der Waals surface area contributed by atoms with Crippen molar-refractivity contribution in [3.8, 4) is 0 Å². The van der Waals surface area contributed by atoms with Gasteiger partial charge in [0, 0.05) is 18.9 Å². The minimum absolute atomic E-state index is 0.0538. The SMILES string of the molecule is CCC(=O)NC(CC)CC(N)=S. The molecule has 0 heterocycles. The Hall–Kier alpha value is -0.640. The lowest BCUT2D eigenvalue weighted by Crippen LogP contribution is -2.36. The second-order valence-electron chi connectivity index (χ2n) is 2.70. The fraction of sp³-hybridized carbons (Fsp3) is 0.750. The van der Waals surface area contributed by atoms with E-state index in [-0.39, 0.29) is 11.9 Å². The highest BCUT2D eigenvalue weighted by atomic mass is 32.1. The highest BCUT2D eigenvalue weighted by Gasteiger charge is 2.09. The summed E-state index contributed by atoms with van der Waals surface area (Å²) in [5.74, 6) is 0.0538. The van der Waals surface area contributed by atoms with Gasteiger partial charge in [-0.25, -0.2) is 0 Å². The van der Waals surface area contributed by atoms with Crippen molar-refractivity contribution in [2.24, 2.45) is 5.73 Å². The third kappa shape index (κ3) is 5.07. The molecule has 4 heteroatoms. The van der Waals surface area contributed by atoms with E-state index in [2.05, 4.69) is 5.32 Å². The standard InChI is InChI=1S/C8H16N2OS/c1-3-6(5-7(9)12)10-8(11)4-2/h6H,3-5H2,1-2H3,(H2,9,12)(H,10,11). The van der Waals surface area contributed by atoms with Crippen LogP contribution in [-0.2, 0) is 4.79 Å². The first kappa shape index (κ1) is 11.4. The number of carbonyl (C=O) groups is 1. The molecule has 1 amide bonds. The van der Waals surface area contributed by atoms with Gasteiger partial charge in [-0.1, -0.05) is 26.1 Å². The molecule has 0 aromatic heterocycles. The average molecular weight is 188 g/mol. The molecule has 3 nitrogen and oxygen atoms in total. The van der Waals surface area contributed by atoms with Gasteiger partial charge in [0.2, 0.25) is 5.91 Å². The summed E-state index contributed by atoms with van der Waals surface area (Å²) in [7, 11) is 0. The Morgan fingerprint density at radius 2 is 2.17 bits per heavy atom. The lowest BCUT2D eigenvalue weighted by Gasteiger charge is -2.15. The summed E-state index contributed by atoms with van der Waals surface area (Å²) in [6.07, 6.45) is 1.97. The molecule has 0 aromatic rings. The number of hydrogen-bond donors (Lipinski definition) is 2. The molecule has 0 saturated heterocycles. The number of nitrogens with two attached hydrogens (primary N) is 1. The van der Waals surface area contributed by atoms with Crippen molar-refractivity contribution >= 4 is 23.1 Å². The number of nitrogens with one attached hydrogen (secondary N) is 1. The molecular weight excluding hydrogens is 172 g/mol. The maximum Gasteiger partial charge on any atom is 0.219 e. The molecule has 0 aliphatic rings. The number of carbonyl (C=O) groups excluding carboxylic acids is 1. The van der Waals surface area contributed by atoms with Gasteiger partial charge in [-0.3, -0.25) is 4.79 Å². The molecule has 0 rings (SSSR count). The zero-order valence-corrected chi connectivity index (χ0v) is 8.41. The van der Waals surface area contributed by atoms with Crippen molar-refractivity contribution < 1.29 is 4.79 Å². The van der Waals surface area contributed by atoms with Gasteiger partial charge < -0.3 is 11.1 Å². The zero-order chi connectivity index (χ0) is 9.56. The maximum absolute atomic E-state index is 11.0. The van der Waals surface area contributed by atoms with Gasteiger partial charge in [0.25, 0.3) is 0 Å². The predicted molar refractivity (Wildman–Crippen MR) is 53.9 cm³/mol. The first-order chi connectivity index (χ1) is 5.60. The van der Waals surface area contributed by atoms with Crippen LogP contribution in [0.15, 0.2) is 0 Å². The fourth-order valence-electron chi connectivity index (χ4n) is 0.870.